The molecule has 132 valence electrons. The van der Waals surface area contributed by atoms with Gasteiger partial charge in [0.1, 0.15) is 12.6 Å². The summed E-state index contributed by atoms with van der Waals surface area (Å²) in [5.41, 5.74) is 0.489. The summed E-state index contributed by atoms with van der Waals surface area (Å²) in [5, 5.41) is 0.775. The third kappa shape index (κ3) is 3.31. The molecule has 2 aliphatic rings. The molecule has 0 bridgehead atoms. The third-order valence-corrected chi connectivity index (χ3v) is 5.40. The molecule has 0 saturated carbocycles. The Morgan fingerprint density at radius 1 is 1.16 bits per heavy atom. The van der Waals surface area contributed by atoms with Gasteiger partial charge in [0.15, 0.2) is 0 Å². The predicted molar refractivity (Wildman–Crippen MR) is 92.9 cm³/mol. The Labute approximate surface area is 155 Å². The van der Waals surface area contributed by atoms with Gasteiger partial charge in [-0.2, -0.15) is 0 Å². The number of hydrogen-bond donors (Lipinski definition) is 0. The van der Waals surface area contributed by atoms with Crippen LogP contribution in [0.15, 0.2) is 30.4 Å². The van der Waals surface area contributed by atoms with E-state index in [1.807, 2.05) is 12.2 Å². The van der Waals surface area contributed by atoms with Crippen molar-refractivity contribution in [2.45, 2.75) is 32.4 Å². The van der Waals surface area contributed by atoms with Crippen molar-refractivity contribution in [3.05, 3.63) is 46.0 Å². The summed E-state index contributed by atoms with van der Waals surface area (Å²) in [5.74, 6) is -2.01. The molecule has 0 aromatic heterocycles. The van der Waals surface area contributed by atoms with E-state index in [0.29, 0.717) is 28.5 Å². The molecule has 3 atom stereocenters. The fourth-order valence-corrected chi connectivity index (χ4v) is 3.75. The Hall–Kier alpha value is -1.85. The van der Waals surface area contributed by atoms with Crippen LogP contribution in [0.5, 0.6) is 0 Å². The monoisotopic (exact) mass is 381 g/mol. The van der Waals surface area contributed by atoms with Crippen molar-refractivity contribution in [1.29, 1.82) is 0 Å². The molecule has 1 saturated heterocycles. The van der Waals surface area contributed by atoms with Crippen molar-refractivity contribution in [3.8, 4) is 0 Å². The van der Waals surface area contributed by atoms with E-state index < -0.39 is 12.0 Å². The van der Waals surface area contributed by atoms with E-state index in [4.69, 9.17) is 27.9 Å². The highest BCUT2D eigenvalue weighted by Crippen LogP contribution is 2.36. The fraction of sp³-hybridized carbons (Fsp3) is 0.389. The smallest absolute Gasteiger partial charge is 0.329 e. The minimum atomic E-state index is -0.980. The molecule has 0 radical (unpaired) electrons. The number of rotatable bonds is 4. The molecule has 2 amide bonds. The molecular weight excluding hydrogens is 365 g/mol. The maximum Gasteiger partial charge on any atom is 0.329 e. The highest BCUT2D eigenvalue weighted by Gasteiger charge is 2.50. The SMILES string of the molecule is C[C@@H](C(=O)OCc1c(Cl)cccc1Cl)N1C(=O)[C@H]2CC=CC[C@@H]2C1=O. The van der Waals surface area contributed by atoms with Crippen LogP contribution in [0.25, 0.3) is 0 Å². The molecule has 0 spiro atoms. The minimum Gasteiger partial charge on any atom is -0.459 e. The van der Waals surface area contributed by atoms with Gasteiger partial charge in [-0.05, 0) is 31.9 Å². The zero-order valence-corrected chi connectivity index (χ0v) is 15.1. The van der Waals surface area contributed by atoms with Gasteiger partial charge in [0, 0.05) is 15.6 Å². The molecule has 0 N–H and O–H groups in total. The lowest BCUT2D eigenvalue weighted by Gasteiger charge is -2.21. The first-order chi connectivity index (χ1) is 11.9. The first-order valence-corrected chi connectivity index (χ1v) is 8.79. The van der Waals surface area contributed by atoms with Gasteiger partial charge in [-0.3, -0.25) is 14.5 Å². The summed E-state index contributed by atoms with van der Waals surface area (Å²) in [6, 6.07) is 4.00. The Kier molecular flexibility index (Phi) is 5.16. The van der Waals surface area contributed by atoms with Crippen LogP contribution in [0.4, 0.5) is 0 Å². The van der Waals surface area contributed by atoms with Gasteiger partial charge in [0.25, 0.3) is 0 Å². The summed E-state index contributed by atoms with van der Waals surface area (Å²) in [4.78, 5) is 38.4. The molecule has 3 rings (SSSR count). The molecule has 0 unspecified atom stereocenters. The lowest BCUT2D eigenvalue weighted by Crippen LogP contribution is -2.44. The van der Waals surface area contributed by atoms with Crippen molar-refractivity contribution in [1.82, 2.24) is 4.90 Å². The van der Waals surface area contributed by atoms with Gasteiger partial charge in [0.2, 0.25) is 11.8 Å². The van der Waals surface area contributed by atoms with Gasteiger partial charge >= 0.3 is 5.97 Å². The van der Waals surface area contributed by atoms with Crippen molar-refractivity contribution in [2.75, 3.05) is 0 Å². The van der Waals surface area contributed by atoms with Gasteiger partial charge in [-0.25, -0.2) is 4.79 Å². The molecule has 1 aliphatic carbocycles. The molecule has 1 aliphatic heterocycles. The minimum absolute atomic E-state index is 0.119. The standard InChI is InChI=1S/C18H17Cl2NO4/c1-10(18(24)25-9-13-14(19)7-4-8-15(13)20)21-16(22)11-5-2-3-6-12(11)17(21)23/h2-4,7-8,10-12H,5-6,9H2,1H3/t10-,11-,12-/m0/s1. The quantitative estimate of drug-likeness (QED) is 0.455. The fourth-order valence-electron chi connectivity index (χ4n) is 3.25. The summed E-state index contributed by atoms with van der Waals surface area (Å²) >= 11 is 12.1. The van der Waals surface area contributed by atoms with Crippen molar-refractivity contribution >= 4 is 41.0 Å². The van der Waals surface area contributed by atoms with Gasteiger partial charge in [-0.15, -0.1) is 0 Å². The van der Waals surface area contributed by atoms with Gasteiger partial charge in [-0.1, -0.05) is 41.4 Å². The van der Waals surface area contributed by atoms with Crippen LogP contribution in [0.3, 0.4) is 0 Å². The highest BCUT2D eigenvalue weighted by atomic mass is 35.5. The van der Waals surface area contributed by atoms with E-state index in [-0.39, 0.29) is 30.3 Å². The number of likely N-dealkylation sites (tertiary alicyclic amines) is 1. The van der Waals surface area contributed by atoms with E-state index >= 15 is 0 Å². The van der Waals surface area contributed by atoms with Gasteiger partial charge in [0.05, 0.1) is 11.8 Å². The Morgan fingerprint density at radius 2 is 1.68 bits per heavy atom. The zero-order valence-electron chi connectivity index (χ0n) is 13.6. The summed E-state index contributed by atoms with van der Waals surface area (Å²) in [7, 11) is 0. The molecule has 7 heteroatoms. The normalized spacial score (nSPS) is 23.6. The average Bonchev–Trinajstić information content (AvgIpc) is 2.85. The third-order valence-electron chi connectivity index (χ3n) is 4.69. The summed E-state index contributed by atoms with van der Waals surface area (Å²) in [6.07, 6.45) is 4.86. The number of carbonyl (C=O) groups is 3. The second kappa shape index (κ2) is 7.18. The van der Waals surface area contributed by atoms with E-state index in [9.17, 15) is 14.4 Å². The van der Waals surface area contributed by atoms with E-state index in [1.165, 1.54) is 6.92 Å². The van der Waals surface area contributed by atoms with Crippen molar-refractivity contribution in [2.24, 2.45) is 11.8 Å². The van der Waals surface area contributed by atoms with Crippen LogP contribution in [-0.4, -0.2) is 28.7 Å². The van der Waals surface area contributed by atoms with Crippen LogP contribution in [0, 0.1) is 11.8 Å². The van der Waals surface area contributed by atoms with Crippen LogP contribution < -0.4 is 0 Å². The highest BCUT2D eigenvalue weighted by molar-refractivity contribution is 6.35. The molecule has 5 nitrogen and oxygen atoms in total. The van der Waals surface area contributed by atoms with Crippen LogP contribution >= 0.6 is 23.2 Å². The van der Waals surface area contributed by atoms with Crippen molar-refractivity contribution in [3.63, 3.8) is 0 Å². The number of carbonyl (C=O) groups excluding carboxylic acids is 3. The van der Waals surface area contributed by atoms with Crippen LogP contribution in [-0.2, 0) is 25.7 Å². The maximum atomic E-state index is 12.5. The van der Waals surface area contributed by atoms with Crippen molar-refractivity contribution < 1.29 is 19.1 Å². The number of ether oxygens (including phenoxy) is 1. The molecule has 1 aromatic rings. The number of halogens is 2. The molecular formula is C18H17Cl2NO4. The summed E-state index contributed by atoms with van der Waals surface area (Å²) in [6.45, 7) is 1.38. The second-order valence-electron chi connectivity index (χ2n) is 6.19. The molecule has 1 heterocycles. The van der Waals surface area contributed by atoms with E-state index in [2.05, 4.69) is 0 Å². The van der Waals surface area contributed by atoms with Gasteiger partial charge < -0.3 is 4.74 Å². The maximum absolute atomic E-state index is 12.5. The Balaban J connectivity index is 1.68. The van der Waals surface area contributed by atoms with Crippen LogP contribution in [0.1, 0.15) is 25.3 Å². The number of fused-ring (bicyclic) bond motifs is 1. The van der Waals surface area contributed by atoms with E-state index in [0.717, 1.165) is 4.90 Å². The predicted octanol–water partition coefficient (Wildman–Crippen LogP) is 3.38. The molecule has 25 heavy (non-hydrogen) atoms. The first kappa shape index (κ1) is 18.0. The first-order valence-electron chi connectivity index (χ1n) is 8.03. The number of allylic oxidation sites excluding steroid dienone is 2. The second-order valence-corrected chi connectivity index (χ2v) is 7.00. The zero-order chi connectivity index (χ0) is 18.1. The number of imide groups is 1. The number of benzene rings is 1. The summed E-state index contributed by atoms with van der Waals surface area (Å²) < 4.78 is 5.24. The average molecular weight is 382 g/mol. The molecule has 1 fully saturated rings. The number of amides is 2. The lowest BCUT2D eigenvalue weighted by molar-refractivity contribution is -0.159. The number of esters is 1. The largest absolute Gasteiger partial charge is 0.459 e. The number of hydrogen-bond acceptors (Lipinski definition) is 4. The van der Waals surface area contributed by atoms with E-state index in [1.54, 1.807) is 18.2 Å². The Bertz CT molecular complexity index is 715. The van der Waals surface area contributed by atoms with Crippen LogP contribution in [0.2, 0.25) is 10.0 Å². The topological polar surface area (TPSA) is 63.7 Å². The molecule has 1 aromatic carbocycles. The number of nitrogens with zero attached hydrogens (tertiary/aromatic N) is 1. The Morgan fingerprint density at radius 3 is 2.20 bits per heavy atom. The lowest BCUT2D eigenvalue weighted by atomic mass is 9.85.